The van der Waals surface area contributed by atoms with Crippen molar-refractivity contribution in [2.24, 2.45) is 5.92 Å². The Bertz CT molecular complexity index is 1370. The van der Waals surface area contributed by atoms with Crippen molar-refractivity contribution in [2.75, 3.05) is 18.8 Å². The molecule has 9 nitrogen and oxygen atoms in total. The lowest BCUT2D eigenvalue weighted by atomic mass is 10.0. The molecule has 0 spiro atoms. The maximum absolute atomic E-state index is 12.9. The van der Waals surface area contributed by atoms with Crippen molar-refractivity contribution in [3.8, 4) is 22.8 Å². The van der Waals surface area contributed by atoms with E-state index < -0.39 is 6.10 Å². The maximum Gasteiger partial charge on any atom is 0.251 e. The summed E-state index contributed by atoms with van der Waals surface area (Å²) in [5.74, 6) is 1.84. The molecule has 2 aromatic carbocycles. The summed E-state index contributed by atoms with van der Waals surface area (Å²) < 4.78 is 7.79. The monoisotopic (exact) mass is 500 g/mol. The summed E-state index contributed by atoms with van der Waals surface area (Å²) >= 11 is 0. The Morgan fingerprint density at radius 2 is 1.84 bits per heavy atom. The van der Waals surface area contributed by atoms with Gasteiger partial charge in [-0.2, -0.15) is 5.10 Å². The van der Waals surface area contributed by atoms with Crippen LogP contribution < -0.4 is 10.5 Å². The first kappa shape index (κ1) is 24.7. The van der Waals surface area contributed by atoms with Gasteiger partial charge < -0.3 is 20.5 Å². The van der Waals surface area contributed by atoms with E-state index in [0.29, 0.717) is 47.8 Å². The topological polar surface area (TPSA) is 119 Å². The van der Waals surface area contributed by atoms with Crippen LogP contribution in [-0.2, 0) is 4.79 Å². The predicted octanol–water partition coefficient (Wildman–Crippen LogP) is 4.44. The highest BCUT2D eigenvalue weighted by Crippen LogP contribution is 2.35. The van der Waals surface area contributed by atoms with Crippen LogP contribution in [0.15, 0.2) is 60.9 Å². The Labute approximate surface area is 215 Å². The minimum atomic E-state index is -0.988. The molecule has 1 saturated heterocycles. The molecule has 192 valence electrons. The van der Waals surface area contributed by atoms with Gasteiger partial charge in [-0.05, 0) is 61.6 Å². The minimum absolute atomic E-state index is 0.0878. The van der Waals surface area contributed by atoms with E-state index in [-0.39, 0.29) is 17.9 Å². The van der Waals surface area contributed by atoms with E-state index in [9.17, 15) is 9.90 Å². The fourth-order valence-corrected chi connectivity index (χ4v) is 4.87. The van der Waals surface area contributed by atoms with Crippen molar-refractivity contribution in [2.45, 2.75) is 45.3 Å². The number of ether oxygens (including phenoxy) is 1. The molecular weight excluding hydrogens is 468 g/mol. The van der Waals surface area contributed by atoms with Gasteiger partial charge >= 0.3 is 0 Å². The first-order valence-corrected chi connectivity index (χ1v) is 12.7. The van der Waals surface area contributed by atoms with Crippen LogP contribution in [0.1, 0.15) is 39.2 Å². The van der Waals surface area contributed by atoms with Gasteiger partial charge in [-0.3, -0.25) is 4.79 Å². The van der Waals surface area contributed by atoms with Gasteiger partial charge in [0.05, 0.1) is 11.4 Å². The van der Waals surface area contributed by atoms with Gasteiger partial charge in [0, 0.05) is 18.7 Å². The smallest absolute Gasteiger partial charge is 0.251 e. The van der Waals surface area contributed by atoms with Gasteiger partial charge in [-0.15, -0.1) is 0 Å². The summed E-state index contributed by atoms with van der Waals surface area (Å²) in [6.45, 7) is 5.07. The number of hydrogen-bond acceptors (Lipinski definition) is 7. The number of anilines is 1. The molecule has 2 atom stereocenters. The number of nitrogens with two attached hydrogens (primary N) is 1. The SMILES string of the molecule is CC(C)C[C@@H](O)C(=O)N1CCC[C@@H](n2nc(-c3ccc(Oc4ccccc4)cc3)c3c(N)ncnc32)C1. The number of aliphatic hydroxyl groups excluding tert-OH is 1. The van der Waals surface area contributed by atoms with Gasteiger partial charge in [0.25, 0.3) is 5.91 Å². The molecular formula is C28H32N6O3. The molecule has 0 radical (unpaired) electrons. The van der Waals surface area contributed by atoms with Crippen LogP contribution in [0.25, 0.3) is 22.3 Å². The van der Waals surface area contributed by atoms with Crippen molar-refractivity contribution in [1.29, 1.82) is 0 Å². The number of para-hydroxylation sites is 1. The second kappa shape index (κ2) is 10.6. The standard InChI is InChI=1S/C28H32N6O3/c1-18(2)15-23(35)28(36)33-14-6-7-20(16-33)34-27-24(26(29)30-17-31-27)25(32-34)19-10-12-22(13-11-19)37-21-8-4-3-5-9-21/h3-5,8-13,17-18,20,23,35H,6-7,14-16H2,1-2H3,(H2,29,30,31)/t20-,23-/m1/s1. The van der Waals surface area contributed by atoms with Crippen LogP contribution >= 0.6 is 0 Å². The van der Waals surface area contributed by atoms with Crippen molar-refractivity contribution in [3.05, 3.63) is 60.9 Å². The molecule has 1 fully saturated rings. The molecule has 1 aliphatic heterocycles. The summed E-state index contributed by atoms with van der Waals surface area (Å²) in [6, 6.07) is 17.2. The third-order valence-corrected chi connectivity index (χ3v) is 6.66. The maximum atomic E-state index is 12.9. The number of benzene rings is 2. The molecule has 5 rings (SSSR count). The number of carbonyl (C=O) groups excluding carboxylic acids is 1. The highest BCUT2D eigenvalue weighted by atomic mass is 16.5. The average molecular weight is 501 g/mol. The second-order valence-electron chi connectivity index (χ2n) is 9.92. The number of carbonyl (C=O) groups is 1. The van der Waals surface area contributed by atoms with Crippen molar-refractivity contribution >= 4 is 22.8 Å². The first-order valence-electron chi connectivity index (χ1n) is 12.7. The van der Waals surface area contributed by atoms with Gasteiger partial charge in [0.1, 0.15) is 35.4 Å². The zero-order valence-electron chi connectivity index (χ0n) is 21.1. The Hall–Kier alpha value is -3.98. The van der Waals surface area contributed by atoms with Crippen LogP contribution in [0.4, 0.5) is 5.82 Å². The van der Waals surface area contributed by atoms with Gasteiger partial charge in [-0.1, -0.05) is 32.0 Å². The van der Waals surface area contributed by atoms with Gasteiger partial charge in [0.15, 0.2) is 5.65 Å². The van der Waals surface area contributed by atoms with Gasteiger partial charge in [0.2, 0.25) is 0 Å². The lowest BCUT2D eigenvalue weighted by Crippen LogP contribution is -2.45. The lowest BCUT2D eigenvalue weighted by molar-refractivity contribution is -0.142. The number of hydrogen-bond donors (Lipinski definition) is 2. The van der Waals surface area contributed by atoms with E-state index in [2.05, 4.69) is 9.97 Å². The highest BCUT2D eigenvalue weighted by Gasteiger charge is 2.31. The number of rotatable bonds is 7. The summed E-state index contributed by atoms with van der Waals surface area (Å²) in [5.41, 5.74) is 8.48. The van der Waals surface area contributed by atoms with Crippen molar-refractivity contribution < 1.29 is 14.6 Å². The van der Waals surface area contributed by atoms with E-state index in [1.807, 2.05) is 73.1 Å². The Kier molecular flexibility index (Phi) is 7.05. The minimum Gasteiger partial charge on any atom is -0.457 e. The molecule has 3 N–H and O–H groups in total. The molecule has 0 saturated carbocycles. The largest absolute Gasteiger partial charge is 0.457 e. The molecule has 0 bridgehead atoms. The molecule has 0 unspecified atom stereocenters. The molecule has 4 aromatic rings. The highest BCUT2D eigenvalue weighted by molar-refractivity contribution is 5.98. The van der Waals surface area contributed by atoms with Gasteiger partial charge in [-0.25, -0.2) is 14.6 Å². The zero-order valence-corrected chi connectivity index (χ0v) is 21.1. The molecule has 2 aromatic heterocycles. The van der Waals surface area contributed by atoms with Crippen LogP contribution in [-0.4, -0.2) is 54.9 Å². The lowest BCUT2D eigenvalue weighted by Gasteiger charge is -2.34. The number of likely N-dealkylation sites (tertiary alicyclic amines) is 1. The van der Waals surface area contributed by atoms with Crippen LogP contribution in [0.5, 0.6) is 11.5 Å². The average Bonchev–Trinajstić information content (AvgIpc) is 3.30. The van der Waals surface area contributed by atoms with E-state index in [4.69, 9.17) is 15.6 Å². The Morgan fingerprint density at radius 3 is 2.57 bits per heavy atom. The first-order chi connectivity index (χ1) is 17.9. The molecule has 3 heterocycles. The number of nitrogens with zero attached hydrogens (tertiary/aromatic N) is 5. The fraction of sp³-hybridized carbons (Fsp3) is 0.357. The third-order valence-electron chi connectivity index (χ3n) is 6.66. The number of aromatic nitrogens is 4. The molecule has 9 heteroatoms. The number of amides is 1. The van der Waals surface area contributed by atoms with Crippen LogP contribution in [0, 0.1) is 5.92 Å². The van der Waals surface area contributed by atoms with E-state index in [1.165, 1.54) is 6.33 Å². The molecule has 1 aliphatic rings. The van der Waals surface area contributed by atoms with E-state index in [1.54, 1.807) is 4.90 Å². The van der Waals surface area contributed by atoms with E-state index in [0.717, 1.165) is 24.2 Å². The number of fused-ring (bicyclic) bond motifs is 1. The predicted molar refractivity (Wildman–Crippen MR) is 142 cm³/mol. The number of nitrogen functional groups attached to an aromatic ring is 1. The zero-order chi connectivity index (χ0) is 25.9. The Balaban J connectivity index is 1.43. The quantitative estimate of drug-likeness (QED) is 0.385. The fourth-order valence-electron chi connectivity index (χ4n) is 4.87. The molecule has 0 aliphatic carbocycles. The summed E-state index contributed by atoms with van der Waals surface area (Å²) in [6.07, 6.45) is 2.55. The number of piperidine rings is 1. The normalized spacial score (nSPS) is 16.8. The van der Waals surface area contributed by atoms with Crippen molar-refractivity contribution in [1.82, 2.24) is 24.6 Å². The van der Waals surface area contributed by atoms with Crippen LogP contribution in [0.2, 0.25) is 0 Å². The number of aliphatic hydroxyl groups is 1. The summed E-state index contributed by atoms with van der Waals surface area (Å²) in [4.78, 5) is 23.4. The van der Waals surface area contributed by atoms with E-state index >= 15 is 0 Å². The summed E-state index contributed by atoms with van der Waals surface area (Å²) in [5, 5.41) is 16.0. The van der Waals surface area contributed by atoms with Crippen LogP contribution in [0.3, 0.4) is 0 Å². The summed E-state index contributed by atoms with van der Waals surface area (Å²) in [7, 11) is 0. The Morgan fingerprint density at radius 1 is 1.11 bits per heavy atom. The third kappa shape index (κ3) is 5.27. The molecule has 1 amide bonds. The second-order valence-corrected chi connectivity index (χ2v) is 9.92. The molecule has 37 heavy (non-hydrogen) atoms. The van der Waals surface area contributed by atoms with Crippen molar-refractivity contribution in [3.63, 3.8) is 0 Å².